The van der Waals surface area contributed by atoms with E-state index in [0.29, 0.717) is 11.8 Å². The van der Waals surface area contributed by atoms with Crippen LogP contribution in [0.15, 0.2) is 24.3 Å². The molecule has 0 unspecified atom stereocenters. The van der Waals surface area contributed by atoms with E-state index >= 15 is 0 Å². The molecule has 3 N–H and O–H groups in total. The molecule has 5 heteroatoms. The molecule has 0 heterocycles. The molecule has 0 radical (unpaired) electrons. The third-order valence-corrected chi connectivity index (χ3v) is 4.30. The predicted octanol–water partition coefficient (Wildman–Crippen LogP) is 3.16. The van der Waals surface area contributed by atoms with Gasteiger partial charge >= 0.3 is 6.03 Å². The number of nitrogens with one attached hydrogen (secondary N) is 3. The van der Waals surface area contributed by atoms with Crippen LogP contribution in [-0.4, -0.2) is 24.5 Å². The second kappa shape index (κ2) is 8.99. The fourth-order valence-corrected chi connectivity index (χ4v) is 2.89. The first-order valence-corrected chi connectivity index (χ1v) is 9.27. The lowest BCUT2D eigenvalue weighted by Crippen LogP contribution is -2.45. The van der Waals surface area contributed by atoms with Crippen LogP contribution in [0.4, 0.5) is 4.79 Å². The van der Waals surface area contributed by atoms with Crippen molar-refractivity contribution >= 4 is 11.9 Å². The van der Waals surface area contributed by atoms with Gasteiger partial charge in [-0.15, -0.1) is 0 Å². The zero-order chi connectivity index (χ0) is 18.4. The number of hydrogen-bond donors (Lipinski definition) is 3. The Kier molecular flexibility index (Phi) is 7.00. The maximum absolute atomic E-state index is 12.0. The number of carbonyl (C=O) groups excluding carboxylic acids is 2. The van der Waals surface area contributed by atoms with Gasteiger partial charge in [-0.05, 0) is 42.2 Å². The van der Waals surface area contributed by atoms with Gasteiger partial charge in [0.1, 0.15) is 0 Å². The monoisotopic (exact) mass is 345 g/mol. The first kappa shape index (κ1) is 19.4. The summed E-state index contributed by atoms with van der Waals surface area (Å²) in [7, 11) is 0. The zero-order valence-corrected chi connectivity index (χ0v) is 15.8. The Hall–Kier alpha value is -1.88. The highest BCUT2D eigenvalue weighted by Crippen LogP contribution is 2.22. The van der Waals surface area contributed by atoms with Crippen molar-refractivity contribution in [1.82, 2.24) is 16.0 Å². The van der Waals surface area contributed by atoms with Crippen LogP contribution in [-0.2, 0) is 11.2 Å². The minimum absolute atomic E-state index is 0.0744. The van der Waals surface area contributed by atoms with Crippen molar-refractivity contribution in [2.75, 3.05) is 6.54 Å². The highest BCUT2D eigenvalue weighted by molar-refractivity contribution is 5.95. The summed E-state index contributed by atoms with van der Waals surface area (Å²) in [5.41, 5.74) is 2.49. The van der Waals surface area contributed by atoms with Crippen molar-refractivity contribution in [2.45, 2.75) is 59.0 Å². The average Bonchev–Trinajstić information content (AvgIpc) is 3.31. The van der Waals surface area contributed by atoms with Crippen molar-refractivity contribution in [1.29, 1.82) is 0 Å². The third-order valence-electron chi connectivity index (χ3n) is 4.30. The first-order valence-electron chi connectivity index (χ1n) is 9.27. The van der Waals surface area contributed by atoms with E-state index in [2.05, 4.69) is 67.9 Å². The van der Waals surface area contributed by atoms with Gasteiger partial charge in [-0.3, -0.25) is 10.1 Å². The quantitative estimate of drug-likeness (QED) is 0.678. The van der Waals surface area contributed by atoms with E-state index in [1.165, 1.54) is 5.56 Å². The second-order valence-electron chi connectivity index (χ2n) is 7.74. The molecular formula is C20H31N3O2. The van der Waals surface area contributed by atoms with Crippen LogP contribution in [0.1, 0.15) is 57.7 Å². The molecule has 1 atom stereocenters. The van der Waals surface area contributed by atoms with Gasteiger partial charge in [-0.25, -0.2) is 4.79 Å². The van der Waals surface area contributed by atoms with E-state index in [9.17, 15) is 9.59 Å². The van der Waals surface area contributed by atoms with Crippen molar-refractivity contribution in [3.05, 3.63) is 35.4 Å². The van der Waals surface area contributed by atoms with E-state index in [1.807, 2.05) is 0 Å². The standard InChI is InChI=1S/C20H31N3O2/c1-13(2)11-15-5-7-16(8-6-15)19(14(3)4)21-12-18(24)23-20(25)22-17-9-10-17/h5-8,13-14,17,19,21H,9-12H2,1-4H3,(H2,22,23,24,25)/t19-/m0/s1. The molecule has 0 aromatic heterocycles. The third kappa shape index (κ3) is 6.86. The van der Waals surface area contributed by atoms with E-state index in [0.717, 1.165) is 24.8 Å². The summed E-state index contributed by atoms with van der Waals surface area (Å²) >= 11 is 0. The van der Waals surface area contributed by atoms with Crippen molar-refractivity contribution in [3.8, 4) is 0 Å². The highest BCUT2D eigenvalue weighted by atomic mass is 16.2. The summed E-state index contributed by atoms with van der Waals surface area (Å²) in [6.07, 6.45) is 3.07. The first-order chi connectivity index (χ1) is 11.8. The smallest absolute Gasteiger partial charge is 0.321 e. The number of benzene rings is 1. The summed E-state index contributed by atoms with van der Waals surface area (Å²) in [6, 6.07) is 8.51. The largest absolute Gasteiger partial charge is 0.335 e. The zero-order valence-electron chi connectivity index (χ0n) is 15.8. The fraction of sp³-hybridized carbons (Fsp3) is 0.600. The van der Waals surface area contributed by atoms with Gasteiger partial charge < -0.3 is 10.6 Å². The fourth-order valence-electron chi connectivity index (χ4n) is 2.89. The molecule has 3 amide bonds. The molecule has 1 aliphatic carbocycles. The summed E-state index contributed by atoms with van der Waals surface area (Å²) in [4.78, 5) is 23.6. The van der Waals surface area contributed by atoms with Crippen LogP contribution in [0.25, 0.3) is 0 Å². The summed E-state index contributed by atoms with van der Waals surface area (Å²) in [6.45, 7) is 8.79. The minimum atomic E-state index is -0.395. The maximum atomic E-state index is 12.0. The van der Waals surface area contributed by atoms with E-state index in [-0.39, 0.29) is 24.5 Å². The molecule has 25 heavy (non-hydrogen) atoms. The number of carbonyl (C=O) groups is 2. The van der Waals surface area contributed by atoms with Crippen LogP contribution in [0, 0.1) is 11.8 Å². The van der Waals surface area contributed by atoms with Crippen LogP contribution in [0.5, 0.6) is 0 Å². The maximum Gasteiger partial charge on any atom is 0.321 e. The summed E-state index contributed by atoms with van der Waals surface area (Å²) in [5, 5.41) is 8.40. The van der Waals surface area contributed by atoms with Gasteiger partial charge in [0.25, 0.3) is 0 Å². The highest BCUT2D eigenvalue weighted by Gasteiger charge is 2.24. The molecule has 0 bridgehead atoms. The number of amides is 3. The minimum Gasteiger partial charge on any atom is -0.335 e. The van der Waals surface area contributed by atoms with Gasteiger partial charge in [0.15, 0.2) is 0 Å². The molecule has 1 fully saturated rings. The molecule has 5 nitrogen and oxygen atoms in total. The Morgan fingerprint density at radius 3 is 2.24 bits per heavy atom. The molecular weight excluding hydrogens is 314 g/mol. The van der Waals surface area contributed by atoms with Crippen molar-refractivity contribution < 1.29 is 9.59 Å². The van der Waals surface area contributed by atoms with Crippen molar-refractivity contribution in [2.24, 2.45) is 11.8 Å². The van der Waals surface area contributed by atoms with Gasteiger partial charge in [-0.1, -0.05) is 52.0 Å². The van der Waals surface area contributed by atoms with Crippen molar-refractivity contribution in [3.63, 3.8) is 0 Å². The lowest BCUT2D eigenvalue weighted by molar-refractivity contribution is -0.119. The van der Waals surface area contributed by atoms with Crippen LogP contribution in [0.2, 0.25) is 0 Å². The Morgan fingerprint density at radius 2 is 1.72 bits per heavy atom. The average molecular weight is 345 g/mol. The second-order valence-corrected chi connectivity index (χ2v) is 7.74. The van der Waals surface area contributed by atoms with Crippen LogP contribution >= 0.6 is 0 Å². The van der Waals surface area contributed by atoms with Gasteiger partial charge in [0.2, 0.25) is 5.91 Å². The summed E-state index contributed by atoms with van der Waals surface area (Å²) in [5.74, 6) is 0.666. The normalized spacial score (nSPS) is 15.3. The molecule has 138 valence electrons. The lowest BCUT2D eigenvalue weighted by atomic mass is 9.94. The topological polar surface area (TPSA) is 70.2 Å². The molecule has 1 aliphatic rings. The molecule has 0 aliphatic heterocycles. The molecule has 0 saturated heterocycles. The Bertz CT molecular complexity index is 577. The number of imide groups is 1. The Labute approximate surface area is 151 Å². The Morgan fingerprint density at radius 1 is 1.08 bits per heavy atom. The van der Waals surface area contributed by atoms with Crippen LogP contribution < -0.4 is 16.0 Å². The van der Waals surface area contributed by atoms with Crippen LogP contribution in [0.3, 0.4) is 0 Å². The predicted molar refractivity (Wildman–Crippen MR) is 100 cm³/mol. The van der Waals surface area contributed by atoms with Gasteiger partial charge in [0, 0.05) is 12.1 Å². The molecule has 2 rings (SSSR count). The SMILES string of the molecule is CC(C)Cc1ccc([C@@H](NCC(=O)NC(=O)NC2CC2)C(C)C)cc1. The van der Waals surface area contributed by atoms with E-state index in [4.69, 9.17) is 0 Å². The van der Waals surface area contributed by atoms with E-state index in [1.54, 1.807) is 0 Å². The van der Waals surface area contributed by atoms with Gasteiger partial charge in [0.05, 0.1) is 6.54 Å². The number of urea groups is 1. The molecule has 1 aromatic carbocycles. The lowest BCUT2D eigenvalue weighted by Gasteiger charge is -2.23. The molecule has 0 spiro atoms. The number of hydrogen-bond acceptors (Lipinski definition) is 3. The van der Waals surface area contributed by atoms with E-state index < -0.39 is 6.03 Å². The molecule has 1 aromatic rings. The van der Waals surface area contributed by atoms with Gasteiger partial charge in [-0.2, -0.15) is 0 Å². The number of rotatable bonds is 8. The Balaban J connectivity index is 1.86. The molecule has 1 saturated carbocycles. The summed E-state index contributed by atoms with van der Waals surface area (Å²) < 4.78 is 0.